The number of carbonyl (C=O) groups excluding carboxylic acids is 2. The summed E-state index contributed by atoms with van der Waals surface area (Å²) in [6.07, 6.45) is 3.94. The van der Waals surface area contributed by atoms with Crippen LogP contribution >= 0.6 is 0 Å². The molecule has 3 heterocycles. The van der Waals surface area contributed by atoms with Crippen LogP contribution in [0.4, 0.5) is 0 Å². The van der Waals surface area contributed by atoms with E-state index in [1.165, 1.54) is 0 Å². The summed E-state index contributed by atoms with van der Waals surface area (Å²) >= 11 is 0. The number of rotatable bonds is 4. The van der Waals surface area contributed by atoms with Crippen molar-refractivity contribution in [2.45, 2.75) is 52.5 Å². The Kier molecular flexibility index (Phi) is 5.63. The Labute approximate surface area is 172 Å². The van der Waals surface area contributed by atoms with E-state index in [4.69, 9.17) is 4.42 Å². The number of piperidine rings is 1. The van der Waals surface area contributed by atoms with Crippen molar-refractivity contribution >= 4 is 22.8 Å². The van der Waals surface area contributed by atoms with Crippen LogP contribution in [0.1, 0.15) is 52.9 Å². The standard InChI is InChI=1S/C23H31N3O3/c1-14-8-9-15(2)20-19(14)16(3)21(29-20)23(28)26-11-5-6-17(13-26)12-25-22(27)18-7-4-10-24-18/h8-9,17-18,24H,4-7,10-13H2,1-3H3,(H,25,27). The van der Waals surface area contributed by atoms with Crippen LogP contribution in [0, 0.1) is 26.7 Å². The van der Waals surface area contributed by atoms with Crippen molar-refractivity contribution in [3.63, 3.8) is 0 Å². The van der Waals surface area contributed by atoms with Gasteiger partial charge in [-0.3, -0.25) is 9.59 Å². The fourth-order valence-corrected chi connectivity index (χ4v) is 4.72. The first-order valence-electron chi connectivity index (χ1n) is 10.8. The third kappa shape index (κ3) is 3.90. The summed E-state index contributed by atoms with van der Waals surface area (Å²) in [4.78, 5) is 27.4. The second-order valence-corrected chi connectivity index (χ2v) is 8.61. The number of benzene rings is 1. The van der Waals surface area contributed by atoms with Gasteiger partial charge in [0, 0.05) is 30.6 Å². The predicted molar refractivity (Wildman–Crippen MR) is 113 cm³/mol. The largest absolute Gasteiger partial charge is 0.450 e. The Bertz CT molecular complexity index is 927. The molecule has 2 aliphatic rings. The summed E-state index contributed by atoms with van der Waals surface area (Å²) in [6, 6.07) is 4.06. The van der Waals surface area contributed by atoms with Gasteiger partial charge < -0.3 is 20.0 Å². The van der Waals surface area contributed by atoms with E-state index in [9.17, 15) is 9.59 Å². The zero-order valence-corrected chi connectivity index (χ0v) is 17.6. The highest BCUT2D eigenvalue weighted by atomic mass is 16.3. The molecule has 2 saturated heterocycles. The van der Waals surface area contributed by atoms with Crippen LogP contribution < -0.4 is 10.6 Å². The Hall–Kier alpha value is -2.34. The van der Waals surface area contributed by atoms with E-state index in [2.05, 4.69) is 23.6 Å². The van der Waals surface area contributed by atoms with Gasteiger partial charge in [0.15, 0.2) is 5.76 Å². The molecular weight excluding hydrogens is 366 g/mol. The second kappa shape index (κ2) is 8.19. The summed E-state index contributed by atoms with van der Waals surface area (Å²) in [6.45, 7) is 8.97. The normalized spacial score (nSPS) is 22.2. The Morgan fingerprint density at radius 1 is 1.17 bits per heavy atom. The number of likely N-dealkylation sites (tertiary alicyclic amines) is 1. The van der Waals surface area contributed by atoms with Gasteiger partial charge in [-0.2, -0.15) is 0 Å². The van der Waals surface area contributed by atoms with E-state index in [0.29, 0.717) is 18.8 Å². The van der Waals surface area contributed by atoms with E-state index < -0.39 is 0 Å². The number of nitrogens with zero attached hydrogens (tertiary/aromatic N) is 1. The number of amides is 2. The monoisotopic (exact) mass is 397 g/mol. The Morgan fingerprint density at radius 3 is 2.69 bits per heavy atom. The molecule has 2 fully saturated rings. The Morgan fingerprint density at radius 2 is 1.97 bits per heavy atom. The summed E-state index contributed by atoms with van der Waals surface area (Å²) < 4.78 is 6.06. The van der Waals surface area contributed by atoms with Crippen LogP contribution in [0.2, 0.25) is 0 Å². The van der Waals surface area contributed by atoms with E-state index in [1.807, 2.05) is 24.8 Å². The van der Waals surface area contributed by atoms with Crippen LogP contribution in [0.25, 0.3) is 11.0 Å². The van der Waals surface area contributed by atoms with Crippen LogP contribution in [0.5, 0.6) is 0 Å². The van der Waals surface area contributed by atoms with Crippen molar-refractivity contribution in [2.75, 3.05) is 26.2 Å². The van der Waals surface area contributed by atoms with Gasteiger partial charge in [0.2, 0.25) is 5.91 Å². The molecule has 6 nitrogen and oxygen atoms in total. The molecule has 0 aliphatic carbocycles. The van der Waals surface area contributed by atoms with Crippen molar-refractivity contribution < 1.29 is 14.0 Å². The molecule has 2 atom stereocenters. The highest BCUT2D eigenvalue weighted by molar-refractivity contribution is 6.00. The molecule has 2 unspecified atom stereocenters. The molecule has 1 aromatic heterocycles. The molecule has 2 aromatic rings. The fraction of sp³-hybridized carbons (Fsp3) is 0.565. The van der Waals surface area contributed by atoms with Crippen LogP contribution in [-0.2, 0) is 4.79 Å². The predicted octanol–water partition coefficient (Wildman–Crippen LogP) is 3.08. The highest BCUT2D eigenvalue weighted by Gasteiger charge is 2.30. The fourth-order valence-electron chi connectivity index (χ4n) is 4.72. The SMILES string of the molecule is Cc1ccc(C)c2c(C)c(C(=O)N3CCCC(CNC(=O)C4CCCN4)C3)oc12. The van der Waals surface area contributed by atoms with Crippen LogP contribution in [0.15, 0.2) is 16.5 Å². The minimum absolute atomic E-state index is 0.0361. The molecule has 2 N–H and O–H groups in total. The lowest BCUT2D eigenvalue weighted by atomic mass is 9.97. The Balaban J connectivity index is 1.44. The zero-order valence-electron chi connectivity index (χ0n) is 17.6. The molecule has 4 rings (SSSR count). The highest BCUT2D eigenvalue weighted by Crippen LogP contribution is 2.32. The molecule has 0 spiro atoms. The van der Waals surface area contributed by atoms with E-state index in [0.717, 1.165) is 66.4 Å². The maximum atomic E-state index is 13.2. The minimum atomic E-state index is -0.0546. The van der Waals surface area contributed by atoms with Gasteiger partial charge in [-0.1, -0.05) is 12.1 Å². The first kappa shape index (κ1) is 20.0. The second-order valence-electron chi connectivity index (χ2n) is 8.61. The molecule has 156 valence electrons. The quantitative estimate of drug-likeness (QED) is 0.831. The third-order valence-electron chi connectivity index (χ3n) is 6.42. The number of hydrogen-bond acceptors (Lipinski definition) is 4. The maximum absolute atomic E-state index is 13.2. The number of aryl methyl sites for hydroxylation is 3. The van der Waals surface area contributed by atoms with Gasteiger partial charge in [0.05, 0.1) is 6.04 Å². The van der Waals surface area contributed by atoms with Crippen molar-refractivity contribution in [1.82, 2.24) is 15.5 Å². The van der Waals surface area contributed by atoms with Gasteiger partial charge >= 0.3 is 0 Å². The molecule has 0 saturated carbocycles. The number of furan rings is 1. The average Bonchev–Trinajstić information content (AvgIpc) is 3.38. The average molecular weight is 398 g/mol. The summed E-state index contributed by atoms with van der Waals surface area (Å²) in [7, 11) is 0. The molecule has 2 amide bonds. The van der Waals surface area contributed by atoms with E-state index in [-0.39, 0.29) is 23.8 Å². The molecule has 6 heteroatoms. The number of fused-ring (bicyclic) bond motifs is 1. The van der Waals surface area contributed by atoms with Gasteiger partial charge in [0.1, 0.15) is 5.58 Å². The molecule has 29 heavy (non-hydrogen) atoms. The molecule has 0 bridgehead atoms. The van der Waals surface area contributed by atoms with Gasteiger partial charge in [0.25, 0.3) is 5.91 Å². The third-order valence-corrected chi connectivity index (χ3v) is 6.42. The van der Waals surface area contributed by atoms with Crippen molar-refractivity contribution in [2.24, 2.45) is 5.92 Å². The molecule has 2 aliphatic heterocycles. The number of nitrogens with one attached hydrogen (secondary N) is 2. The molecule has 0 radical (unpaired) electrons. The number of carbonyl (C=O) groups is 2. The van der Waals surface area contributed by atoms with Crippen molar-refractivity contribution in [3.8, 4) is 0 Å². The van der Waals surface area contributed by atoms with Crippen LogP contribution in [-0.4, -0.2) is 48.9 Å². The van der Waals surface area contributed by atoms with E-state index >= 15 is 0 Å². The van der Waals surface area contributed by atoms with Gasteiger partial charge in [-0.25, -0.2) is 0 Å². The lowest BCUT2D eigenvalue weighted by molar-refractivity contribution is -0.123. The first-order chi connectivity index (χ1) is 14.0. The topological polar surface area (TPSA) is 74.6 Å². The first-order valence-corrected chi connectivity index (χ1v) is 10.8. The number of hydrogen-bond donors (Lipinski definition) is 2. The van der Waals surface area contributed by atoms with Crippen molar-refractivity contribution in [3.05, 3.63) is 34.6 Å². The molecular formula is C23H31N3O3. The smallest absolute Gasteiger partial charge is 0.289 e. The molecule has 1 aromatic carbocycles. The zero-order chi connectivity index (χ0) is 20.5. The summed E-state index contributed by atoms with van der Waals surface area (Å²) in [5.41, 5.74) is 3.92. The van der Waals surface area contributed by atoms with Crippen molar-refractivity contribution in [1.29, 1.82) is 0 Å². The van der Waals surface area contributed by atoms with E-state index in [1.54, 1.807) is 0 Å². The lowest BCUT2D eigenvalue weighted by Crippen LogP contribution is -2.46. The van der Waals surface area contributed by atoms with Gasteiger partial charge in [-0.15, -0.1) is 0 Å². The van der Waals surface area contributed by atoms with Gasteiger partial charge in [-0.05, 0) is 70.0 Å². The van der Waals surface area contributed by atoms with Crippen LogP contribution in [0.3, 0.4) is 0 Å². The lowest BCUT2D eigenvalue weighted by Gasteiger charge is -2.32. The maximum Gasteiger partial charge on any atom is 0.289 e. The minimum Gasteiger partial charge on any atom is -0.450 e. The summed E-state index contributed by atoms with van der Waals surface area (Å²) in [5, 5.41) is 7.36. The summed E-state index contributed by atoms with van der Waals surface area (Å²) in [5.74, 6) is 0.791.